The zero-order valence-electron chi connectivity index (χ0n) is 12.2. The van der Waals surface area contributed by atoms with Crippen LogP contribution >= 0.6 is 35.6 Å². The highest BCUT2D eigenvalue weighted by molar-refractivity contribution is 8.26. The fraction of sp³-hybridized carbons (Fsp3) is 0.267. The molecule has 0 saturated carbocycles. The van der Waals surface area contributed by atoms with Crippen molar-refractivity contribution in [3.63, 3.8) is 0 Å². The van der Waals surface area contributed by atoms with Gasteiger partial charge in [0.2, 0.25) is 0 Å². The zero-order chi connectivity index (χ0) is 17.3. The Morgan fingerprint density at radius 1 is 1.42 bits per heavy atom. The number of hydrogen-bond acceptors (Lipinski definition) is 7. The first-order valence-corrected chi connectivity index (χ1v) is 8.60. The summed E-state index contributed by atoms with van der Waals surface area (Å²) < 4.78 is 11.3. The van der Waals surface area contributed by atoms with Gasteiger partial charge in [-0.3, -0.25) is 9.69 Å². The van der Waals surface area contributed by atoms with Crippen LogP contribution in [0.5, 0.6) is 11.5 Å². The first kappa shape index (κ1) is 17.1. The Morgan fingerprint density at radius 2 is 2.17 bits per heavy atom. The van der Waals surface area contributed by atoms with Gasteiger partial charge in [0.05, 0.1) is 35.7 Å². The van der Waals surface area contributed by atoms with Crippen LogP contribution in [0.1, 0.15) is 12.0 Å². The summed E-state index contributed by atoms with van der Waals surface area (Å²) in [5.74, 6) is -0.851. The van der Waals surface area contributed by atoms with Crippen molar-refractivity contribution in [2.45, 2.75) is 6.42 Å². The summed E-state index contributed by atoms with van der Waals surface area (Å²) in [6.07, 6.45) is 2.34. The average molecular weight is 385 g/mol. The molecule has 9 heteroatoms. The molecule has 1 fully saturated rings. The van der Waals surface area contributed by atoms with Gasteiger partial charge in [0.25, 0.3) is 5.91 Å². The Kier molecular flexibility index (Phi) is 4.98. The number of carboxylic acids is 1. The number of aliphatic carboxylic acids is 1. The van der Waals surface area contributed by atoms with Gasteiger partial charge in [-0.2, -0.15) is 0 Å². The highest BCUT2D eigenvalue weighted by Gasteiger charge is 2.32. The second kappa shape index (κ2) is 7.00. The molecule has 3 rings (SSSR count). The summed E-state index contributed by atoms with van der Waals surface area (Å²) in [5, 5.41) is 11.1. The highest BCUT2D eigenvalue weighted by atomic mass is 35.5. The second-order valence-electron chi connectivity index (χ2n) is 5.02. The van der Waals surface area contributed by atoms with E-state index >= 15 is 0 Å². The van der Waals surface area contributed by atoms with E-state index < -0.39 is 18.4 Å². The molecule has 0 unspecified atom stereocenters. The van der Waals surface area contributed by atoms with Crippen LogP contribution in [0.3, 0.4) is 0 Å². The normalized spacial score (nSPS) is 18.9. The van der Waals surface area contributed by atoms with Gasteiger partial charge in [0.1, 0.15) is 4.32 Å². The lowest BCUT2D eigenvalue weighted by atomic mass is 10.2. The van der Waals surface area contributed by atoms with Crippen molar-refractivity contribution >= 4 is 57.9 Å². The largest absolute Gasteiger partial charge is 0.548 e. The minimum absolute atomic E-state index is 0.177. The molecule has 1 amide bonds. The predicted octanol–water partition coefficient (Wildman–Crippen LogP) is 1.45. The molecule has 6 nitrogen and oxygen atoms in total. The summed E-state index contributed by atoms with van der Waals surface area (Å²) in [7, 11) is 0. The average Bonchev–Trinajstić information content (AvgIpc) is 2.71. The van der Waals surface area contributed by atoms with E-state index in [1.807, 2.05) is 0 Å². The van der Waals surface area contributed by atoms with E-state index in [4.69, 9.17) is 33.3 Å². The Hall–Kier alpha value is -1.77. The van der Waals surface area contributed by atoms with Gasteiger partial charge in [-0.1, -0.05) is 35.6 Å². The minimum Gasteiger partial charge on any atom is -0.548 e. The van der Waals surface area contributed by atoms with Crippen LogP contribution in [0.4, 0.5) is 0 Å². The van der Waals surface area contributed by atoms with Gasteiger partial charge >= 0.3 is 0 Å². The summed E-state index contributed by atoms with van der Waals surface area (Å²) >= 11 is 12.3. The van der Waals surface area contributed by atoms with Crippen LogP contribution in [0.25, 0.3) is 6.08 Å². The highest BCUT2D eigenvalue weighted by Crippen LogP contribution is 2.40. The maximum atomic E-state index is 12.3. The lowest BCUT2D eigenvalue weighted by Crippen LogP contribution is -2.40. The number of ether oxygens (including phenoxy) is 2. The molecule has 0 aromatic heterocycles. The molecule has 2 heterocycles. The van der Waals surface area contributed by atoms with Gasteiger partial charge in [-0.05, 0) is 23.8 Å². The number of fused-ring (bicyclic) bond motifs is 1. The fourth-order valence-corrected chi connectivity index (χ4v) is 3.78. The van der Waals surface area contributed by atoms with Crippen LogP contribution in [-0.4, -0.2) is 40.9 Å². The standard InChI is InChI=1S/C15H12ClNO5S2/c16-9-4-8(5-10-13(9)22-3-1-2-21-10)6-11-14(20)17(7-12(18)19)15(23)24-11/h4-6H,1-3,7H2,(H,18,19)/p-1/b11-6+. The number of hydrogen-bond donors (Lipinski definition) is 0. The second-order valence-corrected chi connectivity index (χ2v) is 7.10. The Morgan fingerprint density at radius 3 is 2.92 bits per heavy atom. The summed E-state index contributed by atoms with van der Waals surface area (Å²) in [6, 6.07) is 3.37. The fourth-order valence-electron chi connectivity index (χ4n) is 2.25. The third kappa shape index (κ3) is 3.50. The lowest BCUT2D eigenvalue weighted by molar-refractivity contribution is -0.305. The third-order valence-electron chi connectivity index (χ3n) is 3.28. The van der Waals surface area contributed by atoms with Crippen molar-refractivity contribution in [3.05, 3.63) is 27.6 Å². The number of nitrogens with zero attached hydrogens (tertiary/aromatic N) is 1. The molecule has 2 aliphatic rings. The number of benzene rings is 1. The molecule has 126 valence electrons. The van der Waals surface area contributed by atoms with E-state index in [9.17, 15) is 14.7 Å². The van der Waals surface area contributed by atoms with E-state index in [1.165, 1.54) is 0 Å². The quantitative estimate of drug-likeness (QED) is 0.576. The van der Waals surface area contributed by atoms with Crippen molar-refractivity contribution in [3.8, 4) is 11.5 Å². The Labute approximate surface area is 152 Å². The number of thioether (sulfide) groups is 1. The minimum atomic E-state index is -1.37. The SMILES string of the molecule is O=C([O-])CN1C(=O)/C(=C\c2cc(Cl)c3c(c2)OCCCO3)SC1=S. The number of halogens is 1. The van der Waals surface area contributed by atoms with Gasteiger partial charge < -0.3 is 19.4 Å². The topological polar surface area (TPSA) is 78.9 Å². The number of thiocarbonyl (C=S) groups is 1. The summed E-state index contributed by atoms with van der Waals surface area (Å²) in [6.45, 7) is 0.471. The maximum Gasteiger partial charge on any atom is 0.266 e. The van der Waals surface area contributed by atoms with Crippen molar-refractivity contribution in [2.24, 2.45) is 0 Å². The molecule has 0 atom stereocenters. The van der Waals surface area contributed by atoms with Crippen LogP contribution in [0.2, 0.25) is 5.02 Å². The monoisotopic (exact) mass is 384 g/mol. The molecule has 0 aliphatic carbocycles. The van der Waals surface area contributed by atoms with Crippen LogP contribution in [0.15, 0.2) is 17.0 Å². The van der Waals surface area contributed by atoms with E-state index in [1.54, 1.807) is 18.2 Å². The molecule has 0 spiro atoms. The van der Waals surface area contributed by atoms with Gasteiger partial charge in [-0.25, -0.2) is 0 Å². The number of rotatable bonds is 3. The number of carbonyl (C=O) groups excluding carboxylic acids is 2. The molecule has 2 aliphatic heterocycles. The third-order valence-corrected chi connectivity index (χ3v) is 4.94. The van der Waals surface area contributed by atoms with Crippen molar-refractivity contribution in [2.75, 3.05) is 19.8 Å². The molecular formula is C15H11ClNO5S2-. The number of carbonyl (C=O) groups is 2. The molecule has 0 N–H and O–H groups in total. The summed E-state index contributed by atoms with van der Waals surface area (Å²) in [5.41, 5.74) is 0.637. The molecule has 1 saturated heterocycles. The van der Waals surface area contributed by atoms with Gasteiger partial charge in [-0.15, -0.1) is 0 Å². The van der Waals surface area contributed by atoms with Crippen molar-refractivity contribution < 1.29 is 24.2 Å². The van der Waals surface area contributed by atoms with E-state index in [2.05, 4.69) is 0 Å². The van der Waals surface area contributed by atoms with E-state index in [0.29, 0.717) is 40.2 Å². The van der Waals surface area contributed by atoms with Crippen molar-refractivity contribution in [1.29, 1.82) is 0 Å². The van der Waals surface area contributed by atoms with E-state index in [-0.39, 0.29) is 4.32 Å². The van der Waals surface area contributed by atoms with Crippen LogP contribution < -0.4 is 14.6 Å². The van der Waals surface area contributed by atoms with E-state index in [0.717, 1.165) is 23.1 Å². The molecule has 1 aromatic rings. The lowest BCUT2D eigenvalue weighted by Gasteiger charge is -2.14. The first-order chi connectivity index (χ1) is 11.5. The Bertz CT molecular complexity index is 764. The number of carboxylic acid groups (broad SMARTS) is 1. The molecule has 1 aromatic carbocycles. The van der Waals surface area contributed by atoms with Crippen LogP contribution in [-0.2, 0) is 9.59 Å². The summed E-state index contributed by atoms with van der Waals surface area (Å²) in [4.78, 5) is 24.3. The predicted molar refractivity (Wildman–Crippen MR) is 91.9 cm³/mol. The van der Waals surface area contributed by atoms with Crippen LogP contribution in [0, 0.1) is 0 Å². The Balaban J connectivity index is 1.90. The van der Waals surface area contributed by atoms with Gasteiger partial charge in [0.15, 0.2) is 11.5 Å². The smallest absolute Gasteiger partial charge is 0.266 e. The molecule has 0 bridgehead atoms. The molecular weight excluding hydrogens is 374 g/mol. The maximum absolute atomic E-state index is 12.3. The van der Waals surface area contributed by atoms with Gasteiger partial charge in [0, 0.05) is 6.42 Å². The molecule has 0 radical (unpaired) electrons. The van der Waals surface area contributed by atoms with Crippen molar-refractivity contribution in [1.82, 2.24) is 4.90 Å². The molecule has 24 heavy (non-hydrogen) atoms. The first-order valence-electron chi connectivity index (χ1n) is 7.00. The zero-order valence-corrected chi connectivity index (χ0v) is 14.6. The number of amides is 1.